The third kappa shape index (κ3) is 2.72. The summed E-state index contributed by atoms with van der Waals surface area (Å²) in [4.78, 5) is 13.0. The summed E-state index contributed by atoms with van der Waals surface area (Å²) in [6.07, 6.45) is 0.703. The second kappa shape index (κ2) is 5.46. The van der Waals surface area contributed by atoms with E-state index in [0.717, 1.165) is 23.6 Å². The SMILES string of the molecule is O=C(O)C1CCN(Cc2cc(-c3ccccc3)no2)C1. The van der Waals surface area contributed by atoms with Gasteiger partial charge in [0.2, 0.25) is 0 Å². The summed E-state index contributed by atoms with van der Waals surface area (Å²) >= 11 is 0. The molecule has 1 atom stereocenters. The maximum Gasteiger partial charge on any atom is 0.307 e. The predicted octanol–water partition coefficient (Wildman–Crippen LogP) is 2.25. The van der Waals surface area contributed by atoms with E-state index in [-0.39, 0.29) is 5.92 Å². The first kappa shape index (κ1) is 12.9. The van der Waals surface area contributed by atoms with Gasteiger partial charge in [0, 0.05) is 18.2 Å². The van der Waals surface area contributed by atoms with Crippen molar-refractivity contribution in [1.82, 2.24) is 10.1 Å². The molecule has 0 spiro atoms. The van der Waals surface area contributed by atoms with Gasteiger partial charge in [-0.1, -0.05) is 35.5 Å². The number of carbonyl (C=O) groups is 1. The molecule has 3 rings (SSSR count). The first-order valence-corrected chi connectivity index (χ1v) is 6.68. The van der Waals surface area contributed by atoms with Crippen molar-refractivity contribution in [3.63, 3.8) is 0 Å². The predicted molar refractivity (Wildman–Crippen MR) is 73.0 cm³/mol. The van der Waals surface area contributed by atoms with E-state index in [0.29, 0.717) is 19.5 Å². The summed E-state index contributed by atoms with van der Waals surface area (Å²) in [6.45, 7) is 1.98. The molecule has 0 aliphatic carbocycles. The Morgan fingerprint density at radius 1 is 1.40 bits per heavy atom. The number of benzene rings is 1. The molecule has 2 heterocycles. The highest BCUT2D eigenvalue weighted by Gasteiger charge is 2.28. The van der Waals surface area contributed by atoms with Crippen LogP contribution in [0, 0.1) is 5.92 Å². The average molecular weight is 272 g/mol. The van der Waals surface area contributed by atoms with E-state index in [1.165, 1.54) is 0 Å². The number of carboxylic acid groups (broad SMARTS) is 1. The zero-order chi connectivity index (χ0) is 13.9. The highest BCUT2D eigenvalue weighted by atomic mass is 16.5. The molecule has 5 heteroatoms. The normalized spacial score (nSPS) is 19.3. The summed E-state index contributed by atoms with van der Waals surface area (Å²) in [6, 6.07) is 11.8. The van der Waals surface area contributed by atoms with E-state index in [4.69, 9.17) is 9.63 Å². The molecule has 1 fully saturated rings. The third-order valence-electron chi connectivity index (χ3n) is 3.63. The Balaban J connectivity index is 1.65. The summed E-state index contributed by atoms with van der Waals surface area (Å²) in [7, 11) is 0. The van der Waals surface area contributed by atoms with Crippen LogP contribution in [0.4, 0.5) is 0 Å². The minimum Gasteiger partial charge on any atom is -0.481 e. The van der Waals surface area contributed by atoms with Gasteiger partial charge < -0.3 is 9.63 Å². The average Bonchev–Trinajstić information content (AvgIpc) is 3.10. The molecule has 20 heavy (non-hydrogen) atoms. The van der Waals surface area contributed by atoms with Crippen molar-refractivity contribution >= 4 is 5.97 Å². The first-order chi connectivity index (χ1) is 9.72. The van der Waals surface area contributed by atoms with Crippen molar-refractivity contribution in [2.75, 3.05) is 13.1 Å². The van der Waals surface area contributed by atoms with Crippen molar-refractivity contribution < 1.29 is 14.4 Å². The van der Waals surface area contributed by atoms with Gasteiger partial charge in [-0.2, -0.15) is 0 Å². The molecule has 2 aromatic rings. The van der Waals surface area contributed by atoms with Crippen molar-refractivity contribution in [3.8, 4) is 11.3 Å². The van der Waals surface area contributed by atoms with Gasteiger partial charge in [0.15, 0.2) is 5.76 Å². The van der Waals surface area contributed by atoms with Gasteiger partial charge in [0.1, 0.15) is 5.69 Å². The van der Waals surface area contributed by atoms with Gasteiger partial charge in [-0.15, -0.1) is 0 Å². The molecular formula is C15H16N2O3. The molecule has 1 N–H and O–H groups in total. The summed E-state index contributed by atoms with van der Waals surface area (Å²) < 4.78 is 5.34. The van der Waals surface area contributed by atoms with Gasteiger partial charge in [-0.25, -0.2) is 0 Å². The molecule has 1 aromatic heterocycles. The second-order valence-electron chi connectivity index (χ2n) is 5.10. The van der Waals surface area contributed by atoms with Gasteiger partial charge in [0.25, 0.3) is 0 Å². The number of carboxylic acids is 1. The van der Waals surface area contributed by atoms with Gasteiger partial charge in [-0.05, 0) is 13.0 Å². The molecule has 1 unspecified atom stereocenters. The van der Waals surface area contributed by atoms with Gasteiger partial charge in [-0.3, -0.25) is 9.69 Å². The Morgan fingerprint density at radius 3 is 2.90 bits per heavy atom. The van der Waals surface area contributed by atoms with E-state index in [1.807, 2.05) is 36.4 Å². The lowest BCUT2D eigenvalue weighted by Crippen LogP contribution is -2.22. The first-order valence-electron chi connectivity index (χ1n) is 6.68. The Bertz CT molecular complexity index is 594. The number of aliphatic carboxylic acids is 1. The molecule has 1 aromatic carbocycles. The molecule has 0 radical (unpaired) electrons. The lowest BCUT2D eigenvalue weighted by Gasteiger charge is -2.11. The quantitative estimate of drug-likeness (QED) is 0.924. The molecule has 1 saturated heterocycles. The van der Waals surface area contributed by atoms with Crippen LogP contribution in [-0.2, 0) is 11.3 Å². The van der Waals surface area contributed by atoms with Crippen molar-refractivity contribution in [1.29, 1.82) is 0 Å². The molecule has 104 valence electrons. The van der Waals surface area contributed by atoms with Gasteiger partial charge >= 0.3 is 5.97 Å². The maximum absolute atomic E-state index is 10.9. The van der Waals surface area contributed by atoms with Crippen molar-refractivity contribution in [3.05, 3.63) is 42.2 Å². The maximum atomic E-state index is 10.9. The Morgan fingerprint density at radius 2 is 2.20 bits per heavy atom. The number of hydrogen-bond acceptors (Lipinski definition) is 4. The largest absolute Gasteiger partial charge is 0.481 e. The molecule has 0 amide bonds. The molecular weight excluding hydrogens is 256 g/mol. The zero-order valence-corrected chi connectivity index (χ0v) is 11.0. The summed E-state index contributed by atoms with van der Waals surface area (Å²) in [5.41, 5.74) is 1.84. The van der Waals surface area contributed by atoms with Crippen molar-refractivity contribution in [2.45, 2.75) is 13.0 Å². The lowest BCUT2D eigenvalue weighted by molar-refractivity contribution is -0.141. The Hall–Kier alpha value is -2.14. The second-order valence-corrected chi connectivity index (χ2v) is 5.10. The van der Waals surface area contributed by atoms with E-state index in [9.17, 15) is 4.79 Å². The van der Waals surface area contributed by atoms with E-state index in [1.54, 1.807) is 0 Å². The summed E-state index contributed by atoms with van der Waals surface area (Å²) in [5.74, 6) is -0.198. The number of nitrogens with zero attached hydrogens (tertiary/aromatic N) is 2. The standard InChI is InChI=1S/C15H16N2O3/c18-15(19)12-6-7-17(9-12)10-13-8-14(16-20-13)11-4-2-1-3-5-11/h1-5,8,12H,6-7,9-10H2,(H,18,19). The smallest absolute Gasteiger partial charge is 0.307 e. The molecule has 0 bridgehead atoms. The minimum atomic E-state index is -0.713. The number of rotatable bonds is 4. The van der Waals surface area contributed by atoms with Crippen molar-refractivity contribution in [2.24, 2.45) is 5.92 Å². The van der Waals surface area contributed by atoms with E-state index in [2.05, 4.69) is 10.1 Å². The van der Waals surface area contributed by atoms with Crippen LogP contribution in [0.3, 0.4) is 0 Å². The van der Waals surface area contributed by atoms with Crippen LogP contribution in [0.2, 0.25) is 0 Å². The van der Waals surface area contributed by atoms with Crippen LogP contribution >= 0.6 is 0 Å². The Kier molecular flexibility index (Phi) is 3.52. The number of likely N-dealkylation sites (tertiary alicyclic amines) is 1. The topological polar surface area (TPSA) is 66.6 Å². The summed E-state index contributed by atoms with van der Waals surface area (Å²) in [5, 5.41) is 13.1. The van der Waals surface area contributed by atoms with Crippen LogP contribution < -0.4 is 0 Å². The fourth-order valence-electron chi connectivity index (χ4n) is 2.53. The monoisotopic (exact) mass is 272 g/mol. The number of hydrogen-bond donors (Lipinski definition) is 1. The van der Waals surface area contributed by atoms with Crippen LogP contribution in [0.5, 0.6) is 0 Å². The highest BCUT2D eigenvalue weighted by Crippen LogP contribution is 2.22. The molecule has 0 saturated carbocycles. The lowest BCUT2D eigenvalue weighted by atomic mass is 10.1. The third-order valence-corrected chi connectivity index (χ3v) is 3.63. The zero-order valence-electron chi connectivity index (χ0n) is 11.0. The highest BCUT2D eigenvalue weighted by molar-refractivity contribution is 5.70. The van der Waals surface area contributed by atoms with Crippen LogP contribution in [-0.4, -0.2) is 34.2 Å². The fourth-order valence-corrected chi connectivity index (χ4v) is 2.53. The molecule has 1 aliphatic rings. The van der Waals surface area contributed by atoms with Gasteiger partial charge in [0.05, 0.1) is 12.5 Å². The fraction of sp³-hybridized carbons (Fsp3) is 0.333. The number of aromatic nitrogens is 1. The van der Waals surface area contributed by atoms with Crippen LogP contribution in [0.1, 0.15) is 12.2 Å². The molecule has 5 nitrogen and oxygen atoms in total. The minimum absolute atomic E-state index is 0.258. The molecule has 1 aliphatic heterocycles. The van der Waals surface area contributed by atoms with E-state index >= 15 is 0 Å². The van der Waals surface area contributed by atoms with Crippen LogP contribution in [0.15, 0.2) is 40.9 Å². The Labute approximate surface area is 116 Å². The van der Waals surface area contributed by atoms with Crippen LogP contribution in [0.25, 0.3) is 11.3 Å². The van der Waals surface area contributed by atoms with E-state index < -0.39 is 5.97 Å².